The van der Waals surface area contributed by atoms with Crippen molar-refractivity contribution in [3.05, 3.63) is 0 Å². The van der Waals surface area contributed by atoms with Crippen LogP contribution in [0.25, 0.3) is 0 Å². The van der Waals surface area contributed by atoms with Crippen LogP contribution in [0, 0.1) is 0 Å². The highest BCUT2D eigenvalue weighted by Crippen LogP contribution is 2.11. The zero-order valence-corrected chi connectivity index (χ0v) is 10.2. The van der Waals surface area contributed by atoms with Gasteiger partial charge in [0.25, 0.3) is 0 Å². The molecule has 0 aliphatic carbocycles. The van der Waals surface area contributed by atoms with Gasteiger partial charge in [-0.05, 0) is 25.8 Å². The van der Waals surface area contributed by atoms with Crippen molar-refractivity contribution in [3.8, 4) is 0 Å². The highest BCUT2D eigenvalue weighted by molar-refractivity contribution is 5.78. The van der Waals surface area contributed by atoms with Crippen molar-refractivity contribution in [2.75, 3.05) is 39.3 Å². The molecule has 1 N–H and O–H groups in total. The van der Waals surface area contributed by atoms with Crippen molar-refractivity contribution in [1.29, 1.82) is 0 Å². The molecule has 0 radical (unpaired) electrons. The monoisotopic (exact) mass is 225 g/mol. The summed E-state index contributed by atoms with van der Waals surface area (Å²) in [6.45, 7) is 7.90. The number of amides is 1. The molecule has 2 saturated heterocycles. The van der Waals surface area contributed by atoms with Gasteiger partial charge in [-0.2, -0.15) is 0 Å². The molecule has 4 nitrogen and oxygen atoms in total. The Bertz CT molecular complexity index is 234. The van der Waals surface area contributed by atoms with E-state index in [-0.39, 0.29) is 0 Å². The van der Waals surface area contributed by atoms with Crippen LogP contribution in [0.5, 0.6) is 0 Å². The molecule has 4 heteroatoms. The van der Waals surface area contributed by atoms with Crippen molar-refractivity contribution < 1.29 is 4.79 Å². The zero-order valence-electron chi connectivity index (χ0n) is 10.2. The quantitative estimate of drug-likeness (QED) is 0.730. The van der Waals surface area contributed by atoms with E-state index in [2.05, 4.69) is 17.1 Å². The van der Waals surface area contributed by atoms with Crippen LogP contribution >= 0.6 is 0 Å². The molecule has 0 saturated carbocycles. The predicted octanol–water partition coefficient (Wildman–Crippen LogP) is 0.293. The first-order valence-corrected chi connectivity index (χ1v) is 6.54. The third kappa shape index (κ3) is 2.74. The van der Waals surface area contributed by atoms with Gasteiger partial charge in [-0.25, -0.2) is 0 Å². The lowest BCUT2D eigenvalue weighted by Crippen LogP contribution is -2.59. The van der Waals surface area contributed by atoms with E-state index in [1.54, 1.807) is 0 Å². The molecule has 0 unspecified atom stereocenters. The Kier molecular flexibility index (Phi) is 4.18. The van der Waals surface area contributed by atoms with Crippen LogP contribution in [0.15, 0.2) is 0 Å². The number of carbonyl (C=O) groups excluding carboxylic acids is 1. The summed E-state index contributed by atoms with van der Waals surface area (Å²) in [4.78, 5) is 16.4. The van der Waals surface area contributed by atoms with Crippen LogP contribution in [0.4, 0.5) is 0 Å². The Morgan fingerprint density at radius 2 is 2.06 bits per heavy atom. The van der Waals surface area contributed by atoms with Gasteiger partial charge in [0.2, 0.25) is 5.91 Å². The number of hydrogen-bond donors (Lipinski definition) is 1. The molecule has 16 heavy (non-hydrogen) atoms. The maximum Gasteiger partial charge on any atom is 0.236 e. The standard InChI is InChI=1S/C12H23N3O/c1-2-5-15(11-8-13-9-11)10-12(16)14-6-3-4-7-14/h11,13H,2-10H2,1H3. The van der Waals surface area contributed by atoms with Gasteiger partial charge in [-0.1, -0.05) is 6.92 Å². The minimum absolute atomic E-state index is 0.331. The minimum atomic E-state index is 0.331. The Hall–Kier alpha value is -0.610. The van der Waals surface area contributed by atoms with Crippen molar-refractivity contribution in [1.82, 2.24) is 15.1 Å². The Morgan fingerprint density at radius 3 is 2.56 bits per heavy atom. The van der Waals surface area contributed by atoms with Crippen LogP contribution in [0.3, 0.4) is 0 Å². The van der Waals surface area contributed by atoms with E-state index in [1.165, 1.54) is 12.8 Å². The SMILES string of the molecule is CCCN(CC(=O)N1CCCC1)C1CNC1. The van der Waals surface area contributed by atoms with Gasteiger partial charge in [-0.15, -0.1) is 0 Å². The molecule has 2 heterocycles. The summed E-state index contributed by atoms with van der Waals surface area (Å²) in [7, 11) is 0. The first kappa shape index (κ1) is 11.9. The van der Waals surface area contributed by atoms with Crippen LogP contribution in [0.2, 0.25) is 0 Å². The van der Waals surface area contributed by atoms with Crippen molar-refractivity contribution >= 4 is 5.91 Å². The summed E-state index contributed by atoms with van der Waals surface area (Å²) in [6, 6.07) is 0.589. The van der Waals surface area contributed by atoms with Gasteiger partial charge in [-0.3, -0.25) is 9.69 Å². The highest BCUT2D eigenvalue weighted by atomic mass is 16.2. The number of hydrogen-bond acceptors (Lipinski definition) is 3. The van der Waals surface area contributed by atoms with Gasteiger partial charge < -0.3 is 10.2 Å². The average molecular weight is 225 g/mol. The molecular weight excluding hydrogens is 202 g/mol. The molecule has 1 amide bonds. The molecule has 0 atom stereocenters. The number of likely N-dealkylation sites (tertiary alicyclic amines) is 1. The fourth-order valence-corrected chi connectivity index (χ4v) is 2.45. The number of nitrogens with one attached hydrogen (secondary N) is 1. The van der Waals surface area contributed by atoms with E-state index >= 15 is 0 Å². The third-order valence-electron chi connectivity index (χ3n) is 3.58. The lowest BCUT2D eigenvalue weighted by molar-refractivity contribution is -0.132. The lowest BCUT2D eigenvalue weighted by Gasteiger charge is -2.38. The second-order valence-electron chi connectivity index (χ2n) is 4.87. The fourth-order valence-electron chi connectivity index (χ4n) is 2.45. The number of nitrogens with zero attached hydrogens (tertiary/aromatic N) is 2. The number of carbonyl (C=O) groups is 1. The second kappa shape index (κ2) is 5.64. The average Bonchev–Trinajstić information content (AvgIpc) is 2.67. The van der Waals surface area contributed by atoms with Crippen LogP contribution in [0.1, 0.15) is 26.2 Å². The normalized spacial score (nSPS) is 21.5. The highest BCUT2D eigenvalue weighted by Gasteiger charge is 2.27. The molecule has 92 valence electrons. The molecule has 0 aromatic carbocycles. The summed E-state index contributed by atoms with van der Waals surface area (Å²) in [5.41, 5.74) is 0. The van der Waals surface area contributed by atoms with E-state index in [0.29, 0.717) is 18.5 Å². The molecule has 2 aliphatic heterocycles. The minimum Gasteiger partial charge on any atom is -0.342 e. The first-order valence-electron chi connectivity index (χ1n) is 6.54. The largest absolute Gasteiger partial charge is 0.342 e. The van der Waals surface area contributed by atoms with Crippen LogP contribution in [-0.4, -0.2) is 61.0 Å². The summed E-state index contributed by atoms with van der Waals surface area (Å²) in [6.07, 6.45) is 3.50. The fraction of sp³-hybridized carbons (Fsp3) is 0.917. The maximum absolute atomic E-state index is 12.0. The van der Waals surface area contributed by atoms with E-state index in [1.807, 2.05) is 4.90 Å². The molecule has 0 bridgehead atoms. The van der Waals surface area contributed by atoms with E-state index in [0.717, 1.165) is 39.1 Å². The smallest absolute Gasteiger partial charge is 0.236 e. The first-order chi connectivity index (χ1) is 7.81. The summed E-state index contributed by atoms with van der Waals surface area (Å²) in [5, 5.41) is 3.28. The van der Waals surface area contributed by atoms with Gasteiger partial charge in [0.05, 0.1) is 6.54 Å². The van der Waals surface area contributed by atoms with Crippen LogP contribution < -0.4 is 5.32 Å². The molecule has 0 aromatic rings. The zero-order chi connectivity index (χ0) is 11.4. The third-order valence-corrected chi connectivity index (χ3v) is 3.58. The van der Waals surface area contributed by atoms with E-state index < -0.39 is 0 Å². The van der Waals surface area contributed by atoms with Gasteiger partial charge >= 0.3 is 0 Å². The van der Waals surface area contributed by atoms with E-state index in [9.17, 15) is 4.79 Å². The molecular formula is C12H23N3O. The van der Waals surface area contributed by atoms with Crippen molar-refractivity contribution in [2.24, 2.45) is 0 Å². The Balaban J connectivity index is 1.81. The predicted molar refractivity (Wildman–Crippen MR) is 64.3 cm³/mol. The Morgan fingerprint density at radius 1 is 1.38 bits per heavy atom. The molecule has 0 spiro atoms. The number of rotatable bonds is 5. The molecule has 2 aliphatic rings. The summed E-state index contributed by atoms with van der Waals surface area (Å²) >= 11 is 0. The summed E-state index contributed by atoms with van der Waals surface area (Å²) in [5.74, 6) is 0.331. The Labute approximate surface area is 98.0 Å². The molecule has 2 fully saturated rings. The van der Waals surface area contributed by atoms with Crippen molar-refractivity contribution in [2.45, 2.75) is 32.2 Å². The van der Waals surface area contributed by atoms with Crippen molar-refractivity contribution in [3.63, 3.8) is 0 Å². The van der Waals surface area contributed by atoms with E-state index in [4.69, 9.17) is 0 Å². The maximum atomic E-state index is 12.0. The topological polar surface area (TPSA) is 35.6 Å². The molecule has 0 aromatic heterocycles. The second-order valence-corrected chi connectivity index (χ2v) is 4.87. The van der Waals surface area contributed by atoms with Crippen LogP contribution in [-0.2, 0) is 4.79 Å². The molecule has 2 rings (SSSR count). The van der Waals surface area contributed by atoms with Gasteiger partial charge in [0.1, 0.15) is 0 Å². The lowest BCUT2D eigenvalue weighted by atomic mass is 10.1. The summed E-state index contributed by atoms with van der Waals surface area (Å²) < 4.78 is 0. The van der Waals surface area contributed by atoms with Gasteiger partial charge in [0.15, 0.2) is 0 Å². The van der Waals surface area contributed by atoms with Gasteiger partial charge in [0, 0.05) is 32.2 Å².